The van der Waals surface area contributed by atoms with Crippen molar-refractivity contribution in [2.45, 2.75) is 50.9 Å². The second-order valence-electron chi connectivity index (χ2n) is 10.7. The molecule has 3 atom stereocenters. The van der Waals surface area contributed by atoms with Crippen LogP contribution in [0.3, 0.4) is 0 Å². The van der Waals surface area contributed by atoms with E-state index in [1.165, 1.54) is 4.90 Å². The predicted molar refractivity (Wildman–Crippen MR) is 153 cm³/mol. The second kappa shape index (κ2) is 12.3. The Morgan fingerprint density at radius 3 is 2.73 bits per heavy atom. The molecule has 2 aromatic heterocycles. The normalized spacial score (nSPS) is 18.6. The fraction of sp³-hybridized carbons (Fsp3) is 0.500. The monoisotopic (exact) mass is 544 g/mol. The summed E-state index contributed by atoms with van der Waals surface area (Å²) in [6.07, 6.45) is 2.02. The van der Waals surface area contributed by atoms with Crippen LogP contribution in [0.15, 0.2) is 30.5 Å². The van der Waals surface area contributed by atoms with Gasteiger partial charge in [0.1, 0.15) is 12.4 Å². The van der Waals surface area contributed by atoms with Crippen molar-refractivity contribution in [3.05, 3.63) is 58.7 Å². The number of ether oxygens (including phenoxy) is 1. The lowest BCUT2D eigenvalue weighted by atomic mass is 9.48. The number of carboxylic acid groups (broad SMARTS) is 1. The molecule has 0 spiro atoms. The molecule has 3 heterocycles. The number of nitrogens with one attached hydrogen (secondary N) is 1. The Bertz CT molecular complexity index is 1350. The average molecular weight is 544 g/mol. The highest BCUT2D eigenvalue weighted by atomic mass is 19.1. The lowest BCUT2D eigenvalue weighted by molar-refractivity contribution is -0.142. The maximum atomic E-state index is 15.7. The fourth-order valence-corrected chi connectivity index (χ4v) is 5.56. The van der Waals surface area contributed by atoms with E-state index in [2.05, 4.69) is 9.97 Å². The molecule has 7 nitrogen and oxygen atoms in total. The number of rotatable bonds is 12. The first-order valence-electron chi connectivity index (χ1n) is 13.5. The van der Waals surface area contributed by atoms with Gasteiger partial charge in [-0.05, 0) is 44.9 Å². The van der Waals surface area contributed by atoms with Gasteiger partial charge in [-0.15, -0.1) is 0 Å². The van der Waals surface area contributed by atoms with Crippen LogP contribution in [0.5, 0.6) is 5.88 Å². The van der Waals surface area contributed by atoms with E-state index in [9.17, 15) is 14.3 Å². The molecule has 0 aliphatic carbocycles. The van der Waals surface area contributed by atoms with Crippen LogP contribution in [0.25, 0.3) is 10.9 Å². The molecule has 0 amide bonds. The largest absolute Gasteiger partial charge is 0.481 e. The van der Waals surface area contributed by atoms with Gasteiger partial charge in [-0.25, -0.2) is 9.37 Å². The summed E-state index contributed by atoms with van der Waals surface area (Å²) < 4.78 is 34.4. The molecule has 2 N–H and O–H groups in total. The van der Waals surface area contributed by atoms with Crippen molar-refractivity contribution in [2.24, 2.45) is 5.92 Å². The smallest absolute Gasteiger partial charge is 0.307 e. The zero-order valence-corrected chi connectivity index (χ0v) is 23.2. The fourth-order valence-electron chi connectivity index (χ4n) is 5.56. The molecule has 40 heavy (non-hydrogen) atoms. The van der Waals surface area contributed by atoms with Crippen LogP contribution >= 0.6 is 0 Å². The number of fused-ring (bicyclic) bond motifs is 3. The van der Waals surface area contributed by atoms with E-state index in [0.717, 1.165) is 28.4 Å². The van der Waals surface area contributed by atoms with E-state index in [-0.39, 0.29) is 44.6 Å². The van der Waals surface area contributed by atoms with Gasteiger partial charge in [-0.2, -0.15) is 0 Å². The quantitative estimate of drug-likeness (QED) is 0.341. The van der Waals surface area contributed by atoms with Gasteiger partial charge in [0, 0.05) is 46.9 Å². The molecule has 1 aliphatic rings. The van der Waals surface area contributed by atoms with E-state index < -0.39 is 35.7 Å². The Hall–Kier alpha value is -2.85. The lowest BCUT2D eigenvalue weighted by Gasteiger charge is -2.42. The van der Waals surface area contributed by atoms with Crippen molar-refractivity contribution in [2.75, 3.05) is 32.9 Å². The number of para-hydroxylation sites is 1. The summed E-state index contributed by atoms with van der Waals surface area (Å²) in [7, 11) is 17.5. The highest BCUT2D eigenvalue weighted by Crippen LogP contribution is 2.43. The third-order valence-electron chi connectivity index (χ3n) is 7.68. The van der Waals surface area contributed by atoms with Crippen molar-refractivity contribution in [3.63, 3.8) is 0 Å². The van der Waals surface area contributed by atoms with E-state index >= 15 is 4.39 Å². The number of alkyl halides is 1. The number of H-pyrrole nitrogens is 1. The summed E-state index contributed by atoms with van der Waals surface area (Å²) >= 11 is 0. The summed E-state index contributed by atoms with van der Waals surface area (Å²) in [5.41, 5.74) is 3.70. The molecule has 1 aromatic carbocycles. The van der Waals surface area contributed by atoms with Gasteiger partial charge in [-0.1, -0.05) is 30.4 Å². The Morgan fingerprint density at radius 2 is 2.05 bits per heavy atom. The zero-order chi connectivity index (χ0) is 29.2. The molecule has 1 aliphatic heterocycles. The number of aliphatic carboxylic acids is 1. The summed E-state index contributed by atoms with van der Waals surface area (Å²) in [6, 6.07) is 7.26. The minimum atomic E-state index is -1.65. The number of carbonyl (C=O) groups is 1. The number of carboxylic acids is 1. The Labute approximate surface area is 237 Å². The third-order valence-corrected chi connectivity index (χ3v) is 7.68. The van der Waals surface area contributed by atoms with Gasteiger partial charge in [0.05, 0.1) is 48.4 Å². The van der Waals surface area contributed by atoms with Gasteiger partial charge >= 0.3 is 5.97 Å². The molecule has 6 radical (unpaired) electrons. The number of hydrogen-bond donors (Lipinski definition) is 2. The predicted octanol–water partition coefficient (Wildman–Crippen LogP) is 3.22. The van der Waals surface area contributed by atoms with Crippen molar-refractivity contribution >= 4 is 40.4 Å². The zero-order valence-electron chi connectivity index (χ0n) is 23.2. The third kappa shape index (κ3) is 6.23. The highest BCUT2D eigenvalue weighted by Gasteiger charge is 2.39. The molecule has 3 aromatic rings. The van der Waals surface area contributed by atoms with Crippen LogP contribution in [0.1, 0.15) is 48.7 Å². The first kappa shape index (κ1) is 30.1. The first-order chi connectivity index (χ1) is 18.9. The van der Waals surface area contributed by atoms with Gasteiger partial charge in [-0.3, -0.25) is 14.1 Å². The Morgan fingerprint density at radius 1 is 1.32 bits per heavy atom. The highest BCUT2D eigenvalue weighted by molar-refractivity contribution is 6.59. The number of aromatic nitrogens is 2. The molecular weight excluding hydrogens is 511 g/mol. The minimum Gasteiger partial charge on any atom is -0.481 e. The van der Waals surface area contributed by atoms with E-state index in [4.69, 9.17) is 28.3 Å². The maximum absolute atomic E-state index is 15.7. The Balaban J connectivity index is 1.73. The van der Waals surface area contributed by atoms with Gasteiger partial charge < -0.3 is 19.7 Å². The van der Waals surface area contributed by atoms with Crippen LogP contribution in [0.2, 0.25) is 0 Å². The topological polar surface area (TPSA) is 81.7 Å². The van der Waals surface area contributed by atoms with Crippen molar-refractivity contribution in [3.8, 4) is 5.88 Å². The van der Waals surface area contributed by atoms with E-state index in [1.807, 2.05) is 36.1 Å². The van der Waals surface area contributed by atoms with Gasteiger partial charge in [0.25, 0.3) is 0 Å². The molecule has 206 valence electrons. The molecular formula is C28H33B3F2N4O3. The van der Waals surface area contributed by atoms with Crippen LogP contribution in [-0.4, -0.2) is 98.6 Å². The van der Waals surface area contributed by atoms with Crippen molar-refractivity contribution < 1.29 is 23.4 Å². The van der Waals surface area contributed by atoms with Crippen molar-refractivity contribution in [1.29, 1.82) is 0 Å². The first-order valence-corrected chi connectivity index (χ1v) is 13.5. The lowest BCUT2D eigenvalue weighted by Crippen LogP contribution is -2.52. The summed E-state index contributed by atoms with van der Waals surface area (Å²) in [5, 5.41) is 9.09. The molecule has 0 saturated carbocycles. The number of hydrogen-bond acceptors (Lipinski definition) is 5. The maximum Gasteiger partial charge on any atom is 0.307 e. The number of halogens is 2. The molecule has 4 rings (SSSR count). The average Bonchev–Trinajstić information content (AvgIpc) is 3.26. The van der Waals surface area contributed by atoms with Crippen LogP contribution in [0, 0.1) is 18.7 Å². The number of aromatic amines is 1. The minimum absolute atomic E-state index is 0.0642. The number of pyridine rings is 1. The molecule has 0 fully saturated rings. The van der Waals surface area contributed by atoms with Crippen LogP contribution in [0.4, 0.5) is 8.78 Å². The number of benzene rings is 1. The van der Waals surface area contributed by atoms with E-state index in [0.29, 0.717) is 17.5 Å². The van der Waals surface area contributed by atoms with Gasteiger partial charge in [0.2, 0.25) is 5.88 Å². The summed E-state index contributed by atoms with van der Waals surface area (Å²) in [4.78, 5) is 23.0. The van der Waals surface area contributed by atoms with Crippen molar-refractivity contribution in [1.82, 2.24) is 19.8 Å². The number of nitrogens with zero attached hydrogens (tertiary/aromatic N) is 3. The Kier molecular flexibility index (Phi) is 9.30. The second-order valence-corrected chi connectivity index (χ2v) is 10.7. The van der Waals surface area contributed by atoms with Gasteiger partial charge in [0.15, 0.2) is 0 Å². The molecule has 12 heteroatoms. The molecule has 0 saturated heterocycles. The van der Waals surface area contributed by atoms with Crippen LogP contribution < -0.4 is 4.74 Å². The van der Waals surface area contributed by atoms with Crippen LogP contribution in [-0.2, 0) is 11.2 Å². The SMILES string of the molecule is [B]C([B])([B])N(CCCF)CCOc1ncc(F)c([C@@H]2c3[nH]c4ccccc4c3C[C@H](C)N2C[C@@H](C)C(=O)O)c1C. The van der Waals surface area contributed by atoms with E-state index in [1.54, 1.807) is 13.8 Å². The molecule has 0 bridgehead atoms. The summed E-state index contributed by atoms with van der Waals surface area (Å²) in [6.45, 7) is 5.63. The molecule has 0 unspecified atom stereocenters. The standard InChI is InChI=1S/C28H33B3F2N4O3/c1-16(27(38)39)15-37-17(2)13-20-19-7-4-5-8-22(19)35-24(20)25(37)23-18(3)26(34-14-21(23)33)40-12-11-36(10-6-9-32)28(29,30)31/h4-5,7-8,14,16-17,25,35H,6,9-13,15H2,1-3H3,(H,38,39)/t16-,17+,25-/m1/s1. The summed E-state index contributed by atoms with van der Waals surface area (Å²) in [5.74, 6) is -1.88.